The smallest absolute Gasteiger partial charge is 0.333 e. The summed E-state index contributed by atoms with van der Waals surface area (Å²) in [4.78, 5) is 10.8. The van der Waals surface area contributed by atoms with Crippen molar-refractivity contribution in [1.29, 1.82) is 5.26 Å². The van der Waals surface area contributed by atoms with Crippen LogP contribution in [-0.4, -0.2) is 19.2 Å². The van der Waals surface area contributed by atoms with Crippen molar-refractivity contribution in [2.45, 2.75) is 6.42 Å². The van der Waals surface area contributed by atoms with Gasteiger partial charge in [0.25, 0.3) is 0 Å². The zero-order chi connectivity index (χ0) is 9.94. The van der Waals surface area contributed by atoms with Gasteiger partial charge in [-0.3, -0.25) is 0 Å². The van der Waals surface area contributed by atoms with Gasteiger partial charge in [0.1, 0.15) is 13.2 Å². The van der Waals surface area contributed by atoms with Crippen LogP contribution in [0.2, 0.25) is 0 Å². The van der Waals surface area contributed by atoms with Gasteiger partial charge in [-0.1, -0.05) is 12.7 Å². The Labute approximate surface area is 77.1 Å². The molecule has 70 valence electrons. The van der Waals surface area contributed by atoms with Crippen LogP contribution in [0.15, 0.2) is 25.0 Å². The van der Waals surface area contributed by atoms with Crippen LogP contribution in [-0.2, 0) is 14.3 Å². The summed E-state index contributed by atoms with van der Waals surface area (Å²) in [5.74, 6) is -0.515. The van der Waals surface area contributed by atoms with E-state index in [0.29, 0.717) is 6.61 Å². The van der Waals surface area contributed by atoms with Crippen molar-refractivity contribution >= 4 is 5.97 Å². The molecule has 0 fully saturated rings. The quantitative estimate of drug-likeness (QED) is 0.203. The molecule has 0 spiro atoms. The molecule has 0 heterocycles. The summed E-state index contributed by atoms with van der Waals surface area (Å²) in [5, 5.41) is 8.13. The van der Waals surface area contributed by atoms with E-state index in [2.05, 4.69) is 11.3 Å². The summed E-state index contributed by atoms with van der Waals surface area (Å²) < 4.78 is 9.40. The minimum Gasteiger partial charge on any atom is -0.497 e. The molecule has 0 amide bonds. The fraction of sp³-hybridized carbons (Fsp3) is 0.333. The number of carbonyl (C=O) groups excluding carboxylic acids is 1. The van der Waals surface area contributed by atoms with Crippen molar-refractivity contribution in [2.24, 2.45) is 0 Å². The molecule has 0 saturated carbocycles. The predicted octanol–water partition coefficient (Wildman–Crippen LogP) is 1.16. The standard InChI is InChI=1S/C9H11NO3/c1-2-6-12-8-4-9(11)13-7-3-5-10/h2,4,8H,1,3,6-7H2/b8-4+. The van der Waals surface area contributed by atoms with Gasteiger partial charge in [-0.15, -0.1) is 0 Å². The molecular weight excluding hydrogens is 170 g/mol. The van der Waals surface area contributed by atoms with Gasteiger partial charge in [-0.05, 0) is 0 Å². The Bertz CT molecular complexity index is 228. The monoisotopic (exact) mass is 181 g/mol. The van der Waals surface area contributed by atoms with E-state index in [1.807, 2.05) is 6.07 Å². The summed E-state index contributed by atoms with van der Waals surface area (Å²) in [7, 11) is 0. The molecule has 0 aliphatic carbocycles. The number of ether oxygens (including phenoxy) is 2. The number of hydrogen-bond donors (Lipinski definition) is 0. The fourth-order valence-electron chi connectivity index (χ4n) is 0.473. The van der Waals surface area contributed by atoms with E-state index in [1.165, 1.54) is 6.26 Å². The van der Waals surface area contributed by atoms with Gasteiger partial charge in [-0.25, -0.2) is 4.79 Å². The van der Waals surface area contributed by atoms with E-state index in [1.54, 1.807) is 6.08 Å². The fourth-order valence-corrected chi connectivity index (χ4v) is 0.473. The molecule has 13 heavy (non-hydrogen) atoms. The van der Waals surface area contributed by atoms with Gasteiger partial charge in [-0.2, -0.15) is 5.26 Å². The molecule has 0 aromatic rings. The Hall–Kier alpha value is -1.76. The van der Waals surface area contributed by atoms with Gasteiger partial charge >= 0.3 is 5.97 Å². The second kappa shape index (κ2) is 8.34. The first-order valence-electron chi connectivity index (χ1n) is 3.74. The molecule has 0 aromatic carbocycles. The second-order valence-corrected chi connectivity index (χ2v) is 2.00. The Morgan fingerprint density at radius 2 is 2.38 bits per heavy atom. The first kappa shape index (κ1) is 11.2. The molecule has 0 bridgehead atoms. The van der Waals surface area contributed by atoms with Gasteiger partial charge in [0, 0.05) is 0 Å². The van der Waals surface area contributed by atoms with Crippen LogP contribution in [0.25, 0.3) is 0 Å². The highest BCUT2D eigenvalue weighted by Crippen LogP contribution is 1.85. The summed E-state index contributed by atoms with van der Waals surface area (Å²) in [6, 6.07) is 1.85. The summed E-state index contributed by atoms with van der Waals surface area (Å²) in [6.45, 7) is 3.89. The van der Waals surface area contributed by atoms with E-state index < -0.39 is 5.97 Å². The number of nitrogens with zero attached hydrogens (tertiary/aromatic N) is 1. The second-order valence-electron chi connectivity index (χ2n) is 2.00. The maximum absolute atomic E-state index is 10.8. The Morgan fingerprint density at radius 1 is 1.62 bits per heavy atom. The van der Waals surface area contributed by atoms with Crippen LogP contribution in [0.3, 0.4) is 0 Å². The Balaban J connectivity index is 3.44. The maximum atomic E-state index is 10.8. The normalized spacial score (nSPS) is 9.15. The van der Waals surface area contributed by atoms with E-state index in [0.717, 1.165) is 6.08 Å². The molecule has 0 N–H and O–H groups in total. The summed E-state index contributed by atoms with van der Waals surface area (Å²) >= 11 is 0. The number of esters is 1. The topological polar surface area (TPSA) is 59.3 Å². The Morgan fingerprint density at radius 3 is 3.00 bits per heavy atom. The molecule has 4 nitrogen and oxygen atoms in total. The summed E-state index contributed by atoms with van der Waals surface area (Å²) in [5.41, 5.74) is 0. The van der Waals surface area contributed by atoms with E-state index >= 15 is 0 Å². The highest BCUT2D eigenvalue weighted by Gasteiger charge is 1.94. The van der Waals surface area contributed by atoms with Gasteiger partial charge in [0.15, 0.2) is 0 Å². The van der Waals surface area contributed by atoms with Crippen LogP contribution in [0, 0.1) is 11.3 Å². The lowest BCUT2D eigenvalue weighted by atomic mass is 10.5. The SMILES string of the molecule is C=CCO/C=C/C(=O)OCCC#N. The lowest BCUT2D eigenvalue weighted by Gasteiger charge is -1.96. The molecule has 4 heteroatoms. The zero-order valence-corrected chi connectivity index (χ0v) is 7.23. The molecule has 0 radical (unpaired) electrons. The van der Waals surface area contributed by atoms with E-state index in [4.69, 9.17) is 10.00 Å². The zero-order valence-electron chi connectivity index (χ0n) is 7.23. The van der Waals surface area contributed by atoms with Gasteiger partial charge in [0.05, 0.1) is 24.8 Å². The van der Waals surface area contributed by atoms with E-state index in [9.17, 15) is 4.79 Å². The first-order chi connectivity index (χ1) is 6.31. The minimum atomic E-state index is -0.515. The van der Waals surface area contributed by atoms with Gasteiger partial charge in [0.2, 0.25) is 0 Å². The number of carbonyl (C=O) groups is 1. The molecule has 0 aliphatic rings. The van der Waals surface area contributed by atoms with Crippen molar-refractivity contribution in [1.82, 2.24) is 0 Å². The highest BCUT2D eigenvalue weighted by atomic mass is 16.5. The predicted molar refractivity (Wildman–Crippen MR) is 46.5 cm³/mol. The molecule has 0 aromatic heterocycles. The van der Waals surface area contributed by atoms with Crippen LogP contribution in [0.1, 0.15) is 6.42 Å². The maximum Gasteiger partial charge on any atom is 0.333 e. The van der Waals surface area contributed by atoms with Crippen LogP contribution in [0.4, 0.5) is 0 Å². The third kappa shape index (κ3) is 8.14. The Kier molecular flexibility index (Phi) is 7.21. The first-order valence-corrected chi connectivity index (χ1v) is 3.74. The van der Waals surface area contributed by atoms with Crippen LogP contribution < -0.4 is 0 Å². The van der Waals surface area contributed by atoms with Crippen molar-refractivity contribution in [3.63, 3.8) is 0 Å². The highest BCUT2D eigenvalue weighted by molar-refractivity contribution is 5.81. The average molecular weight is 181 g/mol. The lowest BCUT2D eigenvalue weighted by molar-refractivity contribution is -0.137. The van der Waals surface area contributed by atoms with Crippen molar-refractivity contribution in [3.8, 4) is 6.07 Å². The van der Waals surface area contributed by atoms with E-state index in [-0.39, 0.29) is 13.0 Å². The average Bonchev–Trinajstić information content (AvgIpc) is 2.13. The van der Waals surface area contributed by atoms with Crippen molar-refractivity contribution < 1.29 is 14.3 Å². The van der Waals surface area contributed by atoms with Crippen LogP contribution >= 0.6 is 0 Å². The lowest BCUT2D eigenvalue weighted by Crippen LogP contribution is -2.01. The summed E-state index contributed by atoms with van der Waals surface area (Å²) in [6.07, 6.45) is 4.15. The molecule has 0 rings (SSSR count). The molecule has 0 unspecified atom stereocenters. The third-order valence-electron chi connectivity index (χ3n) is 0.973. The largest absolute Gasteiger partial charge is 0.497 e. The molecule has 0 atom stereocenters. The molecule has 0 aliphatic heterocycles. The van der Waals surface area contributed by atoms with Gasteiger partial charge < -0.3 is 9.47 Å². The number of hydrogen-bond acceptors (Lipinski definition) is 4. The molecule has 0 saturated heterocycles. The number of rotatable bonds is 6. The number of nitriles is 1. The van der Waals surface area contributed by atoms with Crippen molar-refractivity contribution in [3.05, 3.63) is 25.0 Å². The minimum absolute atomic E-state index is 0.112. The third-order valence-corrected chi connectivity index (χ3v) is 0.973. The van der Waals surface area contributed by atoms with Crippen LogP contribution in [0.5, 0.6) is 0 Å². The van der Waals surface area contributed by atoms with Crippen molar-refractivity contribution in [2.75, 3.05) is 13.2 Å². The molecular formula is C9H11NO3.